The van der Waals surface area contributed by atoms with Crippen molar-refractivity contribution in [1.82, 2.24) is 24.9 Å². The molecule has 0 aliphatic carbocycles. The second kappa shape index (κ2) is 7.73. The second-order valence-corrected chi connectivity index (χ2v) is 5.73. The van der Waals surface area contributed by atoms with Gasteiger partial charge in [0.25, 0.3) is 5.91 Å². The SMILES string of the molecule is COc1ccc(OC)c(C(C)NC(=O)c2ccn(Cn3cccn3)n2)c1. The van der Waals surface area contributed by atoms with Gasteiger partial charge in [-0.1, -0.05) is 0 Å². The molecule has 0 saturated carbocycles. The summed E-state index contributed by atoms with van der Waals surface area (Å²) in [5.41, 5.74) is 1.17. The zero-order valence-electron chi connectivity index (χ0n) is 14.9. The minimum atomic E-state index is -0.274. The molecule has 1 atom stereocenters. The zero-order chi connectivity index (χ0) is 18.5. The molecule has 1 unspecified atom stereocenters. The van der Waals surface area contributed by atoms with Crippen LogP contribution in [0.3, 0.4) is 0 Å². The third-order valence-electron chi connectivity index (χ3n) is 3.97. The quantitative estimate of drug-likeness (QED) is 0.702. The van der Waals surface area contributed by atoms with Gasteiger partial charge in [0.05, 0.1) is 20.3 Å². The van der Waals surface area contributed by atoms with Crippen molar-refractivity contribution in [1.29, 1.82) is 0 Å². The van der Waals surface area contributed by atoms with Gasteiger partial charge in [-0.3, -0.25) is 14.2 Å². The monoisotopic (exact) mass is 355 g/mol. The first kappa shape index (κ1) is 17.5. The third kappa shape index (κ3) is 3.85. The van der Waals surface area contributed by atoms with Crippen LogP contribution in [0.25, 0.3) is 0 Å². The van der Waals surface area contributed by atoms with E-state index < -0.39 is 0 Å². The molecular formula is C18H21N5O3. The topological polar surface area (TPSA) is 83.2 Å². The highest BCUT2D eigenvalue weighted by molar-refractivity contribution is 5.92. The van der Waals surface area contributed by atoms with E-state index in [4.69, 9.17) is 9.47 Å². The lowest BCUT2D eigenvalue weighted by Gasteiger charge is -2.17. The van der Waals surface area contributed by atoms with Crippen LogP contribution in [0.1, 0.15) is 29.0 Å². The van der Waals surface area contributed by atoms with Crippen molar-refractivity contribution in [2.75, 3.05) is 14.2 Å². The minimum Gasteiger partial charge on any atom is -0.497 e. The van der Waals surface area contributed by atoms with Gasteiger partial charge in [-0.15, -0.1) is 0 Å². The lowest BCUT2D eigenvalue weighted by Crippen LogP contribution is -2.27. The van der Waals surface area contributed by atoms with E-state index in [0.717, 1.165) is 5.56 Å². The van der Waals surface area contributed by atoms with Crippen LogP contribution in [0.4, 0.5) is 0 Å². The number of hydrogen-bond donors (Lipinski definition) is 1. The van der Waals surface area contributed by atoms with Crippen molar-refractivity contribution in [3.63, 3.8) is 0 Å². The zero-order valence-corrected chi connectivity index (χ0v) is 14.9. The standard InChI is InChI=1S/C18H21N5O3/c1-13(15-11-14(25-2)5-6-17(15)26-3)20-18(24)16-7-10-23(21-16)12-22-9-4-8-19-22/h4-11,13H,12H2,1-3H3,(H,20,24). The van der Waals surface area contributed by atoms with Crippen molar-refractivity contribution in [2.24, 2.45) is 0 Å². The van der Waals surface area contributed by atoms with Crippen molar-refractivity contribution in [3.8, 4) is 11.5 Å². The number of ether oxygens (including phenoxy) is 2. The van der Waals surface area contributed by atoms with Crippen molar-refractivity contribution < 1.29 is 14.3 Å². The highest BCUT2D eigenvalue weighted by Crippen LogP contribution is 2.29. The van der Waals surface area contributed by atoms with Gasteiger partial charge in [0.1, 0.15) is 23.9 Å². The lowest BCUT2D eigenvalue weighted by molar-refractivity contribution is 0.0933. The Morgan fingerprint density at radius 2 is 2.04 bits per heavy atom. The number of amides is 1. The van der Waals surface area contributed by atoms with Crippen LogP contribution in [-0.2, 0) is 6.67 Å². The number of benzene rings is 1. The highest BCUT2D eigenvalue weighted by atomic mass is 16.5. The summed E-state index contributed by atoms with van der Waals surface area (Å²) >= 11 is 0. The Kier molecular flexibility index (Phi) is 5.21. The molecule has 0 aliphatic rings. The molecule has 0 radical (unpaired) electrons. The van der Waals surface area contributed by atoms with E-state index in [1.165, 1.54) is 0 Å². The Hall–Kier alpha value is -3.29. The average Bonchev–Trinajstić information content (AvgIpc) is 3.33. The van der Waals surface area contributed by atoms with Crippen LogP contribution < -0.4 is 14.8 Å². The molecule has 0 aliphatic heterocycles. The molecule has 2 heterocycles. The molecule has 8 heteroatoms. The lowest BCUT2D eigenvalue weighted by atomic mass is 10.1. The predicted octanol–water partition coefficient (Wildman–Crippen LogP) is 2.09. The maximum absolute atomic E-state index is 12.5. The Morgan fingerprint density at radius 1 is 1.19 bits per heavy atom. The summed E-state index contributed by atoms with van der Waals surface area (Å²) in [5.74, 6) is 1.12. The fourth-order valence-corrected chi connectivity index (χ4v) is 2.62. The van der Waals surface area contributed by atoms with E-state index in [1.54, 1.807) is 42.0 Å². The maximum atomic E-state index is 12.5. The highest BCUT2D eigenvalue weighted by Gasteiger charge is 2.17. The van der Waals surface area contributed by atoms with E-state index >= 15 is 0 Å². The molecule has 1 N–H and O–H groups in total. The van der Waals surface area contributed by atoms with Crippen LogP contribution >= 0.6 is 0 Å². The minimum absolute atomic E-state index is 0.262. The van der Waals surface area contributed by atoms with Gasteiger partial charge >= 0.3 is 0 Å². The summed E-state index contributed by atoms with van der Waals surface area (Å²) in [7, 11) is 3.19. The summed E-state index contributed by atoms with van der Waals surface area (Å²) in [5, 5.41) is 11.4. The predicted molar refractivity (Wildman–Crippen MR) is 95.3 cm³/mol. The van der Waals surface area contributed by atoms with Crippen LogP contribution in [0.15, 0.2) is 48.9 Å². The number of rotatable bonds is 7. The number of hydrogen-bond acceptors (Lipinski definition) is 5. The van der Waals surface area contributed by atoms with Gasteiger partial charge in [0.15, 0.2) is 0 Å². The molecule has 136 valence electrons. The van der Waals surface area contributed by atoms with Gasteiger partial charge in [-0.05, 0) is 37.3 Å². The molecule has 3 rings (SSSR count). The number of carbonyl (C=O) groups is 1. The summed E-state index contributed by atoms with van der Waals surface area (Å²) < 4.78 is 14.0. The van der Waals surface area contributed by atoms with Crippen molar-refractivity contribution in [3.05, 3.63) is 60.2 Å². The van der Waals surface area contributed by atoms with Gasteiger partial charge < -0.3 is 14.8 Å². The molecule has 1 amide bonds. The molecule has 0 bridgehead atoms. The normalized spacial score (nSPS) is 11.8. The van der Waals surface area contributed by atoms with Gasteiger partial charge in [0, 0.05) is 24.2 Å². The fraction of sp³-hybridized carbons (Fsp3) is 0.278. The Balaban J connectivity index is 1.70. The van der Waals surface area contributed by atoms with Crippen molar-refractivity contribution in [2.45, 2.75) is 19.6 Å². The average molecular weight is 355 g/mol. The molecule has 0 spiro atoms. The summed E-state index contributed by atoms with van der Waals surface area (Å²) in [6.45, 7) is 2.33. The van der Waals surface area contributed by atoms with Crippen LogP contribution in [0.5, 0.6) is 11.5 Å². The van der Waals surface area contributed by atoms with Gasteiger partial charge in [-0.25, -0.2) is 0 Å². The largest absolute Gasteiger partial charge is 0.497 e. The number of methoxy groups -OCH3 is 2. The second-order valence-electron chi connectivity index (χ2n) is 5.73. The summed E-state index contributed by atoms with van der Waals surface area (Å²) in [6.07, 6.45) is 5.27. The first-order chi connectivity index (χ1) is 12.6. The molecular weight excluding hydrogens is 334 g/mol. The number of nitrogens with zero attached hydrogens (tertiary/aromatic N) is 4. The smallest absolute Gasteiger partial charge is 0.272 e. The van der Waals surface area contributed by atoms with Crippen molar-refractivity contribution >= 4 is 5.91 Å². The van der Waals surface area contributed by atoms with E-state index in [9.17, 15) is 4.79 Å². The number of carbonyl (C=O) groups excluding carboxylic acids is 1. The Labute approximate surface area is 151 Å². The van der Waals surface area contributed by atoms with Crippen LogP contribution in [-0.4, -0.2) is 39.7 Å². The molecule has 0 saturated heterocycles. The molecule has 8 nitrogen and oxygen atoms in total. The van der Waals surface area contributed by atoms with Gasteiger partial charge in [-0.2, -0.15) is 10.2 Å². The third-order valence-corrected chi connectivity index (χ3v) is 3.97. The fourth-order valence-electron chi connectivity index (χ4n) is 2.62. The molecule has 0 fully saturated rings. The Bertz CT molecular complexity index is 873. The first-order valence-corrected chi connectivity index (χ1v) is 8.14. The van der Waals surface area contributed by atoms with E-state index in [-0.39, 0.29) is 11.9 Å². The molecule has 2 aromatic heterocycles. The van der Waals surface area contributed by atoms with E-state index in [0.29, 0.717) is 23.9 Å². The summed E-state index contributed by atoms with van der Waals surface area (Å²) in [4.78, 5) is 12.5. The van der Waals surface area contributed by atoms with E-state index in [2.05, 4.69) is 15.5 Å². The van der Waals surface area contributed by atoms with Crippen LogP contribution in [0, 0.1) is 0 Å². The maximum Gasteiger partial charge on any atom is 0.272 e. The molecule has 3 aromatic rings. The molecule has 1 aromatic carbocycles. The number of nitrogens with one attached hydrogen (secondary N) is 1. The Morgan fingerprint density at radius 3 is 2.73 bits per heavy atom. The molecule has 26 heavy (non-hydrogen) atoms. The first-order valence-electron chi connectivity index (χ1n) is 8.14. The van der Waals surface area contributed by atoms with E-state index in [1.807, 2.05) is 37.4 Å². The number of aromatic nitrogens is 4. The van der Waals surface area contributed by atoms with Crippen LogP contribution in [0.2, 0.25) is 0 Å². The van der Waals surface area contributed by atoms with Gasteiger partial charge in [0.2, 0.25) is 0 Å². The summed E-state index contributed by atoms with van der Waals surface area (Å²) in [6, 6.07) is 8.71.